The van der Waals surface area contributed by atoms with E-state index in [0.29, 0.717) is 0 Å². The fourth-order valence-corrected chi connectivity index (χ4v) is 9.46. The Morgan fingerprint density at radius 1 is 1.21 bits per heavy atom. The first-order valence-corrected chi connectivity index (χ1v) is 14.4. The number of rotatable bonds is 7. The maximum Gasteiger partial charge on any atom is 0.316 e. The summed E-state index contributed by atoms with van der Waals surface area (Å²) in [5, 5.41) is 29.3. The predicted octanol–water partition coefficient (Wildman–Crippen LogP) is 2.94. The molecule has 4 fully saturated rings. The van der Waals surface area contributed by atoms with Gasteiger partial charge in [-0.15, -0.1) is 11.8 Å². The van der Waals surface area contributed by atoms with Gasteiger partial charge in [-0.3, -0.25) is 14.4 Å². The number of ketones is 2. The molecule has 1 aliphatic heterocycles. The van der Waals surface area contributed by atoms with Gasteiger partial charge in [0.2, 0.25) is 0 Å². The van der Waals surface area contributed by atoms with E-state index in [9.17, 15) is 29.7 Å². The third-order valence-corrected chi connectivity index (χ3v) is 11.4. The molecule has 39 heavy (non-hydrogen) atoms. The number of ether oxygens (including phenoxy) is 2. The highest BCUT2D eigenvalue weighted by Crippen LogP contribution is 2.72. The number of carboxylic acid groups (broad SMARTS) is 1. The van der Waals surface area contributed by atoms with Crippen molar-refractivity contribution in [2.24, 2.45) is 22.7 Å². The molecule has 0 radical (unpaired) electrons. The van der Waals surface area contributed by atoms with Crippen LogP contribution in [0.25, 0.3) is 0 Å². The maximum absolute atomic E-state index is 17.4. The Bertz CT molecular complexity index is 1160. The quantitative estimate of drug-likeness (QED) is 0.423. The fraction of sp³-hybridized carbons (Fsp3) is 0.750. The molecule has 5 aliphatic rings. The molecular weight excluding hydrogens is 534 g/mol. The van der Waals surface area contributed by atoms with Crippen molar-refractivity contribution >= 4 is 29.3 Å². The smallest absolute Gasteiger partial charge is 0.316 e. The van der Waals surface area contributed by atoms with E-state index in [4.69, 9.17) is 9.47 Å². The molecule has 3 N–H and O–H groups in total. The summed E-state index contributed by atoms with van der Waals surface area (Å²) in [6.45, 7) is 6.25. The molecule has 10 atom stereocenters. The Morgan fingerprint density at radius 3 is 2.54 bits per heavy atom. The largest absolute Gasteiger partial charge is 0.480 e. The fourth-order valence-electron chi connectivity index (χ4n) is 8.48. The number of halogens is 2. The van der Waals surface area contributed by atoms with Crippen molar-refractivity contribution in [2.45, 2.75) is 94.1 Å². The molecule has 1 unspecified atom stereocenters. The summed E-state index contributed by atoms with van der Waals surface area (Å²) in [5.74, 6) is -5.04. The summed E-state index contributed by atoms with van der Waals surface area (Å²) in [6.07, 6.45) is -0.580. The number of aliphatic hydroxyl groups excluding tert-OH is 2. The summed E-state index contributed by atoms with van der Waals surface area (Å²) in [7, 11) is 0. The Labute approximate surface area is 230 Å². The minimum Gasteiger partial charge on any atom is -0.480 e. The SMILES string of the molecule is CC1(C)O[C@@H]2C[C@H]3[C@@H]4C[C@H](F)C5=CC(=O)C=C[C@]5(C)[C@@]4(F)[C@@H](O)C[C@]3(C)[C@]2(C(=O)CSC(CCO)C(=O)O)O1. The van der Waals surface area contributed by atoms with Crippen molar-refractivity contribution in [3.05, 3.63) is 23.8 Å². The van der Waals surface area contributed by atoms with Crippen LogP contribution in [0.2, 0.25) is 0 Å². The molecule has 216 valence electrons. The van der Waals surface area contributed by atoms with Crippen molar-refractivity contribution in [1.29, 1.82) is 0 Å². The van der Waals surface area contributed by atoms with E-state index in [1.54, 1.807) is 20.8 Å². The normalized spacial score (nSPS) is 46.5. The van der Waals surface area contributed by atoms with Crippen molar-refractivity contribution in [3.8, 4) is 0 Å². The van der Waals surface area contributed by atoms with Crippen molar-refractivity contribution in [2.75, 3.05) is 12.4 Å². The molecule has 0 aromatic heterocycles. The second-order valence-electron chi connectivity index (χ2n) is 12.5. The van der Waals surface area contributed by atoms with E-state index in [0.717, 1.165) is 17.8 Å². The van der Waals surface area contributed by atoms with Crippen LogP contribution in [0.3, 0.4) is 0 Å². The number of carbonyl (C=O) groups excluding carboxylic acids is 2. The Hall–Kier alpha value is -1.66. The van der Waals surface area contributed by atoms with Gasteiger partial charge in [0.25, 0.3) is 0 Å². The zero-order valence-electron chi connectivity index (χ0n) is 22.5. The monoisotopic (exact) mass is 570 g/mol. The van der Waals surface area contributed by atoms with Crippen LogP contribution >= 0.6 is 11.8 Å². The number of aliphatic carboxylic acids is 1. The average Bonchev–Trinajstić information content (AvgIpc) is 3.25. The lowest BCUT2D eigenvalue weighted by Gasteiger charge is -2.63. The summed E-state index contributed by atoms with van der Waals surface area (Å²) in [6, 6.07) is 0. The highest BCUT2D eigenvalue weighted by molar-refractivity contribution is 8.01. The summed E-state index contributed by atoms with van der Waals surface area (Å²) in [5.41, 5.74) is -6.58. The van der Waals surface area contributed by atoms with E-state index >= 15 is 8.78 Å². The molecule has 0 spiro atoms. The number of alkyl halides is 2. The van der Waals surface area contributed by atoms with E-state index in [1.165, 1.54) is 19.1 Å². The van der Waals surface area contributed by atoms with Gasteiger partial charge in [0.1, 0.15) is 11.4 Å². The third-order valence-electron chi connectivity index (χ3n) is 10.1. The molecule has 0 bridgehead atoms. The zero-order chi connectivity index (χ0) is 28.8. The van der Waals surface area contributed by atoms with Gasteiger partial charge in [0.15, 0.2) is 28.6 Å². The first-order chi connectivity index (χ1) is 18.1. The van der Waals surface area contributed by atoms with Gasteiger partial charge in [-0.1, -0.05) is 13.0 Å². The number of carboxylic acids is 1. The minimum atomic E-state index is -2.30. The maximum atomic E-state index is 17.4. The molecule has 4 aliphatic carbocycles. The molecule has 3 saturated carbocycles. The molecule has 1 heterocycles. The summed E-state index contributed by atoms with van der Waals surface area (Å²) >= 11 is 0.879. The van der Waals surface area contributed by atoms with Gasteiger partial charge < -0.3 is 24.8 Å². The van der Waals surface area contributed by atoms with Gasteiger partial charge in [-0.2, -0.15) is 0 Å². The van der Waals surface area contributed by atoms with Gasteiger partial charge in [-0.05, 0) is 70.1 Å². The molecular formula is C28H36F2O8S. The minimum absolute atomic E-state index is 0.0222. The molecule has 0 aromatic rings. The van der Waals surface area contributed by atoms with Crippen LogP contribution in [0.4, 0.5) is 8.78 Å². The number of allylic oxidation sites excluding steroid dienone is 4. The van der Waals surface area contributed by atoms with Crippen LogP contribution in [0.1, 0.15) is 53.4 Å². The average molecular weight is 571 g/mol. The molecule has 8 nitrogen and oxygen atoms in total. The Morgan fingerprint density at radius 2 is 1.90 bits per heavy atom. The number of aliphatic hydroxyl groups is 2. The van der Waals surface area contributed by atoms with E-state index in [1.807, 2.05) is 0 Å². The first-order valence-electron chi connectivity index (χ1n) is 13.4. The molecule has 5 rings (SSSR count). The van der Waals surface area contributed by atoms with Gasteiger partial charge in [-0.25, -0.2) is 8.78 Å². The standard InChI is InChI=1S/C28H36F2O8S/c1-24(2)37-22-11-15-16-10-18(29)17-9-14(32)5-7-25(17,3)27(16,30)20(33)12-26(15,4)28(22,38-24)21(34)13-39-19(6-8-31)23(35)36/h5,7,9,15-16,18-20,22,31,33H,6,8,10-13H2,1-4H3,(H,35,36)/t15-,16-,18-,19?,20-,22+,25-,26-,27-,28+/m0/s1. The number of hydrogen-bond acceptors (Lipinski definition) is 8. The number of fused-ring (bicyclic) bond motifs is 7. The zero-order valence-corrected chi connectivity index (χ0v) is 23.3. The van der Waals surface area contributed by atoms with Crippen LogP contribution in [-0.4, -0.2) is 85.9 Å². The van der Waals surface area contributed by atoms with Crippen LogP contribution in [-0.2, 0) is 23.9 Å². The molecule has 0 amide bonds. The molecule has 11 heteroatoms. The van der Waals surface area contributed by atoms with Gasteiger partial charge in [0.05, 0.1) is 18.0 Å². The topological polar surface area (TPSA) is 130 Å². The Balaban J connectivity index is 1.55. The number of hydrogen-bond donors (Lipinski definition) is 3. The van der Waals surface area contributed by atoms with E-state index in [-0.39, 0.29) is 43.6 Å². The predicted molar refractivity (Wildman–Crippen MR) is 137 cm³/mol. The molecule has 0 aromatic carbocycles. The highest BCUT2D eigenvalue weighted by Gasteiger charge is 2.80. The van der Waals surface area contributed by atoms with Crippen LogP contribution in [0, 0.1) is 22.7 Å². The number of Topliss-reactive ketones (excluding diaryl/α,β-unsaturated/α-hetero) is 1. The van der Waals surface area contributed by atoms with Gasteiger partial charge in [0, 0.05) is 23.4 Å². The lowest BCUT2D eigenvalue weighted by Crippen LogP contribution is -2.71. The van der Waals surface area contributed by atoms with Crippen molar-refractivity contribution < 1.29 is 48.0 Å². The third kappa shape index (κ3) is 3.79. The second-order valence-corrected chi connectivity index (χ2v) is 13.7. The van der Waals surface area contributed by atoms with Gasteiger partial charge >= 0.3 is 5.97 Å². The Kier molecular flexibility index (Phi) is 6.79. The lowest BCUT2D eigenvalue weighted by atomic mass is 9.44. The number of carbonyl (C=O) groups is 3. The van der Waals surface area contributed by atoms with Crippen molar-refractivity contribution in [1.82, 2.24) is 0 Å². The number of thioether (sulfide) groups is 1. The van der Waals surface area contributed by atoms with Crippen LogP contribution in [0.5, 0.6) is 0 Å². The first kappa shape index (κ1) is 28.9. The van der Waals surface area contributed by atoms with E-state index < -0.39 is 80.9 Å². The van der Waals surface area contributed by atoms with Crippen LogP contribution < -0.4 is 0 Å². The second kappa shape index (κ2) is 9.17. The summed E-state index contributed by atoms with van der Waals surface area (Å²) < 4.78 is 45.7. The summed E-state index contributed by atoms with van der Waals surface area (Å²) in [4.78, 5) is 37.8. The lowest BCUT2D eigenvalue weighted by molar-refractivity contribution is -0.247. The van der Waals surface area contributed by atoms with Crippen molar-refractivity contribution in [3.63, 3.8) is 0 Å². The van der Waals surface area contributed by atoms with E-state index in [2.05, 4.69) is 0 Å². The molecule has 1 saturated heterocycles. The highest BCUT2D eigenvalue weighted by atomic mass is 32.2. The van der Waals surface area contributed by atoms with Crippen LogP contribution in [0.15, 0.2) is 23.8 Å².